The Kier molecular flexibility index (Phi) is 8.83. The molecule has 6 N–H and O–H groups in total. The number of phenols is 1. The van der Waals surface area contributed by atoms with Crippen molar-refractivity contribution in [2.24, 2.45) is 0 Å². The smallest absolute Gasteiger partial charge is 0.319 e. The van der Waals surface area contributed by atoms with Gasteiger partial charge in [0.05, 0.1) is 12.7 Å². The summed E-state index contributed by atoms with van der Waals surface area (Å²) >= 11 is 0. The third-order valence-electron chi connectivity index (χ3n) is 5.37. The number of benzene rings is 3. The minimum absolute atomic E-state index is 0.0152. The van der Waals surface area contributed by atoms with Crippen LogP contribution in [0.3, 0.4) is 0 Å². The maximum absolute atomic E-state index is 12.1. The first kappa shape index (κ1) is 24.3. The molecular weight excluding hydrogens is 418 g/mol. The summed E-state index contributed by atoms with van der Waals surface area (Å²) in [5, 5.41) is 38.3. The first-order valence-electron chi connectivity index (χ1n) is 11.0. The molecule has 7 heteroatoms. The molecule has 3 rings (SSSR count). The number of anilines is 1. The standard InChI is InChI=1S/C26H31N3O4/c1-18(27-16-25(32)21-9-12-24(31)22(14-21)17-30)13-19-7-10-23(11-8-19)29-26(33)28-15-20-5-3-2-4-6-20/h2-12,14,18,25,27,30-32H,13,15-17H2,1H3,(H2,28,29,33)/t18-,25?/m1/s1. The number of rotatable bonds is 10. The minimum Gasteiger partial charge on any atom is -0.508 e. The fourth-order valence-electron chi connectivity index (χ4n) is 3.47. The van der Waals surface area contributed by atoms with E-state index in [4.69, 9.17) is 0 Å². The molecule has 2 atom stereocenters. The number of urea groups is 1. The Morgan fingerprint density at radius 2 is 1.70 bits per heavy atom. The molecule has 0 aliphatic heterocycles. The second-order valence-corrected chi connectivity index (χ2v) is 8.07. The van der Waals surface area contributed by atoms with E-state index in [0.717, 1.165) is 17.5 Å². The number of carbonyl (C=O) groups excluding carboxylic acids is 1. The number of hydrogen-bond donors (Lipinski definition) is 6. The second kappa shape index (κ2) is 12.0. The monoisotopic (exact) mass is 449 g/mol. The zero-order valence-electron chi connectivity index (χ0n) is 18.7. The summed E-state index contributed by atoms with van der Waals surface area (Å²) in [5.74, 6) is 0.0152. The summed E-state index contributed by atoms with van der Waals surface area (Å²) in [5.41, 5.74) is 3.88. The Hall–Kier alpha value is -3.39. The highest BCUT2D eigenvalue weighted by atomic mass is 16.3. The van der Waals surface area contributed by atoms with Gasteiger partial charge in [0.25, 0.3) is 0 Å². The number of aliphatic hydroxyl groups excluding tert-OH is 2. The first-order chi connectivity index (χ1) is 15.9. The van der Waals surface area contributed by atoms with Gasteiger partial charge in [-0.1, -0.05) is 48.5 Å². The average Bonchev–Trinajstić information content (AvgIpc) is 2.83. The first-order valence-corrected chi connectivity index (χ1v) is 11.0. The number of aromatic hydroxyl groups is 1. The molecule has 3 aromatic rings. The summed E-state index contributed by atoms with van der Waals surface area (Å²) in [7, 11) is 0. The van der Waals surface area contributed by atoms with Crippen LogP contribution in [0.25, 0.3) is 0 Å². The van der Waals surface area contributed by atoms with E-state index in [9.17, 15) is 20.1 Å². The van der Waals surface area contributed by atoms with E-state index in [1.54, 1.807) is 12.1 Å². The lowest BCUT2D eigenvalue weighted by Gasteiger charge is -2.18. The molecule has 3 aromatic carbocycles. The molecular formula is C26H31N3O4. The van der Waals surface area contributed by atoms with Crippen molar-refractivity contribution in [1.82, 2.24) is 10.6 Å². The molecule has 0 fully saturated rings. The van der Waals surface area contributed by atoms with Crippen LogP contribution in [0.15, 0.2) is 72.8 Å². The second-order valence-electron chi connectivity index (χ2n) is 8.07. The van der Waals surface area contributed by atoms with Gasteiger partial charge in [0.15, 0.2) is 0 Å². The van der Waals surface area contributed by atoms with Gasteiger partial charge in [-0.15, -0.1) is 0 Å². The predicted molar refractivity (Wildman–Crippen MR) is 129 cm³/mol. The van der Waals surface area contributed by atoms with Gasteiger partial charge in [-0.3, -0.25) is 0 Å². The number of hydrogen-bond acceptors (Lipinski definition) is 5. The fraction of sp³-hybridized carbons (Fsp3) is 0.269. The number of aliphatic hydroxyl groups is 2. The Morgan fingerprint density at radius 1 is 0.970 bits per heavy atom. The van der Waals surface area contributed by atoms with Crippen LogP contribution >= 0.6 is 0 Å². The van der Waals surface area contributed by atoms with Crippen LogP contribution < -0.4 is 16.0 Å². The average molecular weight is 450 g/mol. The van der Waals surface area contributed by atoms with Crippen LogP contribution in [-0.2, 0) is 19.6 Å². The largest absolute Gasteiger partial charge is 0.508 e. The maximum Gasteiger partial charge on any atom is 0.319 e. The Labute approximate surface area is 194 Å². The lowest BCUT2D eigenvalue weighted by Crippen LogP contribution is -2.32. The fourth-order valence-corrected chi connectivity index (χ4v) is 3.47. The number of nitrogens with one attached hydrogen (secondary N) is 3. The van der Waals surface area contributed by atoms with Gasteiger partial charge in [-0.05, 0) is 54.3 Å². The van der Waals surface area contributed by atoms with Gasteiger partial charge in [-0.2, -0.15) is 0 Å². The molecule has 33 heavy (non-hydrogen) atoms. The highest BCUT2D eigenvalue weighted by Gasteiger charge is 2.12. The normalized spacial score (nSPS) is 12.7. The third kappa shape index (κ3) is 7.61. The Bertz CT molecular complexity index is 1030. The van der Waals surface area contributed by atoms with Crippen molar-refractivity contribution in [2.75, 3.05) is 11.9 Å². The molecule has 2 amide bonds. The van der Waals surface area contributed by atoms with E-state index in [0.29, 0.717) is 29.9 Å². The van der Waals surface area contributed by atoms with Crippen LogP contribution in [-0.4, -0.2) is 33.9 Å². The van der Waals surface area contributed by atoms with Gasteiger partial charge in [0.1, 0.15) is 5.75 Å². The zero-order chi connectivity index (χ0) is 23.6. The van der Waals surface area contributed by atoms with Gasteiger partial charge >= 0.3 is 6.03 Å². The van der Waals surface area contributed by atoms with Gasteiger partial charge < -0.3 is 31.3 Å². The molecule has 0 radical (unpaired) electrons. The van der Waals surface area contributed by atoms with E-state index >= 15 is 0 Å². The summed E-state index contributed by atoms with van der Waals surface area (Å²) in [6.07, 6.45) is 0.00401. The molecule has 0 aliphatic carbocycles. The van der Waals surface area contributed by atoms with Crippen molar-refractivity contribution < 1.29 is 20.1 Å². The van der Waals surface area contributed by atoms with Crippen molar-refractivity contribution >= 4 is 11.7 Å². The van der Waals surface area contributed by atoms with Crippen molar-refractivity contribution in [3.05, 3.63) is 95.1 Å². The molecule has 7 nitrogen and oxygen atoms in total. The minimum atomic E-state index is -0.751. The van der Waals surface area contributed by atoms with Crippen molar-refractivity contribution in [1.29, 1.82) is 0 Å². The highest BCUT2D eigenvalue weighted by molar-refractivity contribution is 5.89. The molecule has 0 saturated carbocycles. The Morgan fingerprint density at radius 3 is 2.39 bits per heavy atom. The van der Waals surface area contributed by atoms with E-state index in [-0.39, 0.29) is 24.4 Å². The van der Waals surface area contributed by atoms with Gasteiger partial charge in [0, 0.05) is 30.4 Å². The topological polar surface area (TPSA) is 114 Å². The molecule has 1 unspecified atom stereocenters. The molecule has 0 spiro atoms. The molecule has 0 saturated heterocycles. The Balaban J connectivity index is 1.42. The lowest BCUT2D eigenvalue weighted by atomic mass is 10.0. The van der Waals surface area contributed by atoms with Crippen LogP contribution in [0.5, 0.6) is 5.75 Å². The zero-order valence-corrected chi connectivity index (χ0v) is 18.7. The van der Waals surface area contributed by atoms with Crippen molar-refractivity contribution in [3.8, 4) is 5.75 Å². The molecule has 0 aromatic heterocycles. The van der Waals surface area contributed by atoms with E-state index in [1.165, 1.54) is 6.07 Å². The summed E-state index contributed by atoms with van der Waals surface area (Å²) in [4.78, 5) is 12.1. The quantitative estimate of drug-likeness (QED) is 0.284. The predicted octanol–water partition coefficient (Wildman–Crippen LogP) is 3.46. The van der Waals surface area contributed by atoms with E-state index in [1.807, 2.05) is 61.5 Å². The number of carbonyl (C=O) groups is 1. The van der Waals surface area contributed by atoms with Crippen LogP contribution in [0, 0.1) is 0 Å². The lowest BCUT2D eigenvalue weighted by molar-refractivity contribution is 0.170. The van der Waals surface area contributed by atoms with Crippen LogP contribution in [0.1, 0.15) is 35.3 Å². The van der Waals surface area contributed by atoms with E-state index < -0.39 is 6.10 Å². The van der Waals surface area contributed by atoms with Crippen molar-refractivity contribution in [3.63, 3.8) is 0 Å². The molecule has 0 aliphatic rings. The number of amides is 2. The molecule has 174 valence electrons. The van der Waals surface area contributed by atoms with Crippen LogP contribution in [0.4, 0.5) is 10.5 Å². The van der Waals surface area contributed by atoms with Gasteiger partial charge in [-0.25, -0.2) is 4.79 Å². The van der Waals surface area contributed by atoms with Crippen molar-refractivity contribution in [2.45, 2.75) is 38.6 Å². The highest BCUT2D eigenvalue weighted by Crippen LogP contribution is 2.22. The molecule has 0 heterocycles. The summed E-state index contributed by atoms with van der Waals surface area (Å²) in [6.45, 7) is 2.56. The third-order valence-corrected chi connectivity index (χ3v) is 5.37. The van der Waals surface area contributed by atoms with Crippen LogP contribution in [0.2, 0.25) is 0 Å². The van der Waals surface area contributed by atoms with E-state index in [2.05, 4.69) is 16.0 Å². The summed E-state index contributed by atoms with van der Waals surface area (Å²) in [6, 6.07) is 22.0. The molecule has 0 bridgehead atoms. The van der Waals surface area contributed by atoms with Gasteiger partial charge in [0.2, 0.25) is 0 Å². The SMILES string of the molecule is C[C@H](Cc1ccc(NC(=O)NCc2ccccc2)cc1)NCC(O)c1ccc(O)c(CO)c1. The maximum atomic E-state index is 12.1. The summed E-state index contributed by atoms with van der Waals surface area (Å²) < 4.78 is 0.